The molecule has 0 amide bonds. The summed E-state index contributed by atoms with van der Waals surface area (Å²) in [5, 5.41) is 0. The zero-order chi connectivity index (χ0) is 15.1. The van der Waals surface area contributed by atoms with Crippen molar-refractivity contribution >= 4 is 5.82 Å². The Morgan fingerprint density at radius 1 is 1.14 bits per heavy atom. The molecule has 0 saturated heterocycles. The molecule has 0 saturated carbocycles. The Labute approximate surface area is 123 Å². The first kappa shape index (κ1) is 15.0. The fraction of sp³-hybridized carbons (Fsp3) is 0.286. The van der Waals surface area contributed by atoms with Crippen molar-refractivity contribution in [3.63, 3.8) is 0 Å². The van der Waals surface area contributed by atoms with Gasteiger partial charge in [0.1, 0.15) is 23.9 Å². The smallest absolute Gasteiger partial charge is 0.224 e. The van der Waals surface area contributed by atoms with Crippen LogP contribution in [0.4, 0.5) is 5.82 Å². The first-order valence-electron chi connectivity index (χ1n) is 6.49. The normalized spacial score (nSPS) is 10.2. The van der Waals surface area contributed by atoms with E-state index >= 15 is 0 Å². The minimum Gasteiger partial charge on any atom is -0.494 e. The lowest BCUT2D eigenvalue weighted by Gasteiger charge is -2.09. The average Bonchev–Trinajstić information content (AvgIpc) is 2.49. The molecule has 0 fully saturated rings. The Hall–Kier alpha value is -2.38. The molecule has 3 N–H and O–H groups in total. The number of nitrogens with one attached hydrogen (secondary N) is 1. The number of nitrogens with two attached hydrogens (primary N) is 1. The van der Waals surface area contributed by atoms with Crippen LogP contribution >= 0.6 is 0 Å². The number of nitrogen functional groups attached to an aromatic ring is 1. The second-order valence-corrected chi connectivity index (χ2v) is 4.09. The van der Waals surface area contributed by atoms with Crippen LogP contribution in [0.5, 0.6) is 17.4 Å². The molecule has 1 heterocycles. The van der Waals surface area contributed by atoms with Crippen molar-refractivity contribution in [2.75, 3.05) is 19.1 Å². The van der Waals surface area contributed by atoms with E-state index < -0.39 is 0 Å². The summed E-state index contributed by atoms with van der Waals surface area (Å²) in [4.78, 5) is 8.39. The minimum absolute atomic E-state index is 0.273. The molecule has 21 heavy (non-hydrogen) atoms. The molecular weight excluding hydrogens is 272 g/mol. The lowest BCUT2D eigenvalue weighted by molar-refractivity contribution is 0.177. The molecule has 2 aromatic rings. The predicted octanol–water partition coefficient (Wildman–Crippen LogP) is 2.10. The molecule has 0 radical (unpaired) electrons. The van der Waals surface area contributed by atoms with Crippen LogP contribution in [0.1, 0.15) is 12.7 Å². The topological polar surface area (TPSA) is 91.5 Å². The molecular formula is C14H18N4O3. The Kier molecular flexibility index (Phi) is 5.30. The number of methoxy groups -OCH3 is 1. The van der Waals surface area contributed by atoms with Crippen molar-refractivity contribution in [2.45, 2.75) is 13.5 Å². The number of aromatic nitrogens is 2. The van der Waals surface area contributed by atoms with E-state index in [0.717, 1.165) is 5.75 Å². The zero-order valence-electron chi connectivity index (χ0n) is 12.0. The Balaban J connectivity index is 2.15. The number of hydrogen-bond acceptors (Lipinski definition) is 7. The van der Waals surface area contributed by atoms with Gasteiger partial charge in [-0.3, -0.25) is 0 Å². The van der Waals surface area contributed by atoms with Crippen molar-refractivity contribution in [3.05, 3.63) is 36.2 Å². The first-order chi connectivity index (χ1) is 10.2. The quantitative estimate of drug-likeness (QED) is 0.596. The number of anilines is 1. The largest absolute Gasteiger partial charge is 0.494 e. The summed E-state index contributed by atoms with van der Waals surface area (Å²) < 4.78 is 16.1. The summed E-state index contributed by atoms with van der Waals surface area (Å²) in [5.74, 6) is 8.13. The highest BCUT2D eigenvalue weighted by Gasteiger charge is 2.06. The molecule has 0 aliphatic carbocycles. The van der Waals surface area contributed by atoms with Gasteiger partial charge < -0.3 is 19.6 Å². The molecule has 2 rings (SSSR count). The van der Waals surface area contributed by atoms with Gasteiger partial charge in [-0.15, -0.1) is 0 Å². The van der Waals surface area contributed by atoms with E-state index in [-0.39, 0.29) is 6.61 Å². The van der Waals surface area contributed by atoms with Gasteiger partial charge in [-0.2, -0.15) is 4.98 Å². The Bertz CT molecular complexity index is 575. The van der Waals surface area contributed by atoms with E-state index in [2.05, 4.69) is 15.4 Å². The maximum absolute atomic E-state index is 5.68. The van der Waals surface area contributed by atoms with Crippen molar-refractivity contribution in [1.29, 1.82) is 0 Å². The number of hydrazine groups is 1. The molecule has 0 spiro atoms. The van der Waals surface area contributed by atoms with Crippen LogP contribution in [0.3, 0.4) is 0 Å². The fourth-order valence-electron chi connectivity index (χ4n) is 1.68. The highest BCUT2D eigenvalue weighted by molar-refractivity contribution is 5.39. The van der Waals surface area contributed by atoms with Gasteiger partial charge in [0, 0.05) is 13.2 Å². The van der Waals surface area contributed by atoms with Gasteiger partial charge in [0.05, 0.1) is 6.61 Å². The third-order valence-electron chi connectivity index (χ3n) is 2.53. The first-order valence-corrected chi connectivity index (χ1v) is 6.49. The van der Waals surface area contributed by atoms with Crippen LogP contribution in [0.15, 0.2) is 30.3 Å². The lowest BCUT2D eigenvalue weighted by Crippen LogP contribution is -2.11. The van der Waals surface area contributed by atoms with Crippen molar-refractivity contribution < 1.29 is 14.2 Å². The predicted molar refractivity (Wildman–Crippen MR) is 78.2 cm³/mol. The molecule has 0 bridgehead atoms. The monoisotopic (exact) mass is 290 g/mol. The molecule has 0 aliphatic heterocycles. The highest BCUT2D eigenvalue weighted by atomic mass is 16.5. The highest BCUT2D eigenvalue weighted by Crippen LogP contribution is 2.24. The van der Waals surface area contributed by atoms with E-state index in [1.165, 1.54) is 0 Å². The van der Waals surface area contributed by atoms with Crippen LogP contribution in [-0.2, 0) is 11.3 Å². The molecule has 1 aromatic heterocycles. The molecule has 7 nitrogen and oxygen atoms in total. The van der Waals surface area contributed by atoms with Gasteiger partial charge in [-0.05, 0) is 31.2 Å². The standard InChI is InChI=1S/C14H18N4O3/c1-3-20-10-4-6-11(7-5-10)21-14-8-12(18-15)16-13(17-14)9-19-2/h4-8H,3,9,15H2,1-2H3,(H,16,17,18). The van der Waals surface area contributed by atoms with E-state index in [0.29, 0.717) is 29.9 Å². The van der Waals surface area contributed by atoms with E-state index in [1.807, 2.05) is 19.1 Å². The van der Waals surface area contributed by atoms with Crippen molar-refractivity contribution in [1.82, 2.24) is 9.97 Å². The fourth-order valence-corrected chi connectivity index (χ4v) is 1.68. The van der Waals surface area contributed by atoms with Gasteiger partial charge in [-0.1, -0.05) is 0 Å². The molecule has 112 valence electrons. The maximum Gasteiger partial charge on any atom is 0.224 e. The zero-order valence-corrected chi connectivity index (χ0v) is 12.0. The van der Waals surface area contributed by atoms with E-state index in [9.17, 15) is 0 Å². The van der Waals surface area contributed by atoms with Crippen LogP contribution < -0.4 is 20.7 Å². The Morgan fingerprint density at radius 3 is 2.48 bits per heavy atom. The molecule has 0 unspecified atom stereocenters. The SMILES string of the molecule is CCOc1ccc(Oc2cc(NN)nc(COC)n2)cc1. The molecule has 0 aliphatic rings. The van der Waals surface area contributed by atoms with Gasteiger partial charge in [-0.25, -0.2) is 10.8 Å². The Morgan fingerprint density at radius 2 is 1.86 bits per heavy atom. The molecule has 7 heteroatoms. The van der Waals surface area contributed by atoms with Crippen molar-refractivity contribution in [3.8, 4) is 17.4 Å². The van der Waals surface area contributed by atoms with Crippen LogP contribution in [0, 0.1) is 0 Å². The van der Waals surface area contributed by atoms with Gasteiger partial charge in [0.15, 0.2) is 5.82 Å². The summed E-state index contributed by atoms with van der Waals surface area (Å²) in [5.41, 5.74) is 2.47. The minimum atomic E-state index is 0.273. The van der Waals surface area contributed by atoms with Crippen LogP contribution in [0.2, 0.25) is 0 Å². The average molecular weight is 290 g/mol. The second kappa shape index (κ2) is 7.41. The summed E-state index contributed by atoms with van der Waals surface area (Å²) in [6, 6.07) is 8.88. The number of rotatable bonds is 7. The summed E-state index contributed by atoms with van der Waals surface area (Å²) >= 11 is 0. The van der Waals surface area contributed by atoms with Gasteiger partial charge in [0.25, 0.3) is 0 Å². The maximum atomic E-state index is 5.68. The van der Waals surface area contributed by atoms with Crippen LogP contribution in [0.25, 0.3) is 0 Å². The molecule has 1 aromatic carbocycles. The summed E-state index contributed by atoms with van der Waals surface area (Å²) in [6.07, 6.45) is 0. The lowest BCUT2D eigenvalue weighted by atomic mass is 10.3. The van der Waals surface area contributed by atoms with Crippen molar-refractivity contribution in [2.24, 2.45) is 5.84 Å². The third kappa shape index (κ3) is 4.30. The molecule has 0 atom stereocenters. The summed E-state index contributed by atoms with van der Waals surface area (Å²) in [6.45, 7) is 2.83. The number of ether oxygens (including phenoxy) is 3. The van der Waals surface area contributed by atoms with Gasteiger partial charge in [0.2, 0.25) is 5.88 Å². The van der Waals surface area contributed by atoms with E-state index in [4.69, 9.17) is 20.1 Å². The number of hydrogen-bond donors (Lipinski definition) is 2. The van der Waals surface area contributed by atoms with Gasteiger partial charge >= 0.3 is 0 Å². The second-order valence-electron chi connectivity index (χ2n) is 4.09. The van der Waals surface area contributed by atoms with Crippen LogP contribution in [-0.4, -0.2) is 23.7 Å². The number of nitrogens with zero attached hydrogens (tertiary/aromatic N) is 2. The third-order valence-corrected chi connectivity index (χ3v) is 2.53. The van der Waals surface area contributed by atoms with E-state index in [1.54, 1.807) is 25.3 Å². The number of benzene rings is 1. The summed E-state index contributed by atoms with van der Waals surface area (Å²) in [7, 11) is 1.57.